The fourth-order valence-electron chi connectivity index (χ4n) is 1.56. The monoisotopic (exact) mass is 346 g/mol. The van der Waals surface area contributed by atoms with E-state index in [9.17, 15) is 30.7 Å². The predicted octanol–water partition coefficient (Wildman–Crippen LogP) is 5.25. The van der Waals surface area contributed by atoms with Gasteiger partial charge in [0, 0.05) is 0 Å². The highest BCUT2D eigenvalue weighted by Crippen LogP contribution is 2.45. The number of benzene rings is 1. The van der Waals surface area contributed by atoms with Crippen LogP contribution in [0, 0.1) is 0 Å². The van der Waals surface area contributed by atoms with Gasteiger partial charge in [-0.05, 0) is 5.56 Å². The van der Waals surface area contributed by atoms with Gasteiger partial charge in [0.15, 0.2) is 8.07 Å². The van der Waals surface area contributed by atoms with Crippen molar-refractivity contribution in [3.63, 3.8) is 0 Å². The Hall–Kier alpha value is -1.35. The van der Waals surface area contributed by atoms with Crippen molar-refractivity contribution >= 4 is 14.1 Å². The van der Waals surface area contributed by atoms with Gasteiger partial charge in [-0.1, -0.05) is 55.2 Å². The zero-order valence-corrected chi connectivity index (χ0v) is 12.6. The first kappa shape index (κ1) is 18.7. The molecule has 0 N–H and O–H groups in total. The molecule has 0 atom stereocenters. The Morgan fingerprint density at radius 1 is 0.909 bits per heavy atom. The van der Waals surface area contributed by atoms with Crippen LogP contribution in [0.5, 0.6) is 0 Å². The molecule has 22 heavy (non-hydrogen) atoms. The summed E-state index contributed by atoms with van der Waals surface area (Å²) in [7, 11) is -4.24. The van der Waals surface area contributed by atoms with E-state index in [0.29, 0.717) is 5.56 Å². The Labute approximate surface area is 123 Å². The van der Waals surface area contributed by atoms with Crippen LogP contribution in [0.4, 0.5) is 30.7 Å². The molecule has 1 aromatic carbocycles. The normalized spacial score (nSPS) is 14.6. The number of ether oxygens (including phenoxy) is 1. The molecule has 0 spiro atoms. The van der Waals surface area contributed by atoms with Gasteiger partial charge < -0.3 is 0 Å². The third-order valence-electron chi connectivity index (χ3n) is 2.91. The Balaban J connectivity index is 3.05. The van der Waals surface area contributed by atoms with Gasteiger partial charge in [-0.25, -0.2) is 13.5 Å². The molecule has 0 bridgehead atoms. The zero-order chi connectivity index (χ0) is 17.2. The van der Waals surface area contributed by atoms with Gasteiger partial charge in [-0.15, -0.1) is 13.2 Å². The quantitative estimate of drug-likeness (QED) is 0.523. The molecule has 0 saturated heterocycles. The van der Waals surface area contributed by atoms with Crippen LogP contribution < -0.4 is 0 Å². The molecule has 124 valence electrons. The molecule has 0 amide bonds. The fraction of sp³-hybridized carbons (Fsp3) is 0.385. The Morgan fingerprint density at radius 2 is 1.41 bits per heavy atom. The lowest BCUT2D eigenvalue weighted by Crippen LogP contribution is -2.60. The third-order valence-corrected chi connectivity index (χ3v) is 5.82. The van der Waals surface area contributed by atoms with Gasteiger partial charge in [0.05, 0.1) is 0 Å². The maximum Gasteiger partial charge on any atom is 0.527 e. The van der Waals surface area contributed by atoms with E-state index in [1.54, 1.807) is 30.3 Å². The van der Waals surface area contributed by atoms with Crippen molar-refractivity contribution in [2.45, 2.75) is 31.1 Å². The van der Waals surface area contributed by atoms with Crippen LogP contribution in [-0.4, -0.2) is 26.1 Å². The molecule has 0 aliphatic carbocycles. The summed E-state index contributed by atoms with van der Waals surface area (Å²) in [5.41, 5.74) is -3.62. The number of rotatable bonds is 5. The highest BCUT2D eigenvalue weighted by Gasteiger charge is 2.69. The van der Waals surface area contributed by atoms with Crippen molar-refractivity contribution in [3.05, 3.63) is 41.6 Å². The summed E-state index contributed by atoms with van der Waals surface area (Å²) in [6.45, 7) is 1.67. The molecule has 9 heteroatoms. The van der Waals surface area contributed by atoms with E-state index in [-0.39, 0.29) is 0 Å². The lowest BCUT2D eigenvalue weighted by atomic mass is 10.2. The van der Waals surface area contributed by atoms with Crippen molar-refractivity contribution in [1.29, 1.82) is 0 Å². The van der Waals surface area contributed by atoms with E-state index >= 15 is 0 Å². The molecule has 0 heterocycles. The van der Waals surface area contributed by atoms with Gasteiger partial charge in [-0.2, -0.15) is 8.78 Å². The van der Waals surface area contributed by atoms with E-state index in [1.165, 1.54) is 6.08 Å². The number of alkyl halides is 7. The van der Waals surface area contributed by atoms with E-state index in [2.05, 4.69) is 4.74 Å². The number of hydrogen-bond donors (Lipinski definition) is 0. The van der Waals surface area contributed by atoms with E-state index < -0.39 is 26.1 Å². The first-order chi connectivity index (χ1) is 9.79. The molecule has 0 aromatic heterocycles. The van der Waals surface area contributed by atoms with Crippen molar-refractivity contribution in [2.24, 2.45) is 0 Å². The summed E-state index contributed by atoms with van der Waals surface area (Å²) in [6, 6.07) is 7.97. The summed E-state index contributed by atoms with van der Waals surface area (Å²) in [5, 5.41) is 0. The Bertz CT molecular complexity index is 523. The topological polar surface area (TPSA) is 9.23 Å². The average molecular weight is 346 g/mol. The first-order valence-electron chi connectivity index (χ1n) is 6.05. The largest absolute Gasteiger partial charge is 0.527 e. The first-order valence-corrected chi connectivity index (χ1v) is 9.13. The van der Waals surface area contributed by atoms with Gasteiger partial charge in [0.1, 0.15) is 0 Å². The second-order valence-electron chi connectivity index (χ2n) is 5.10. The van der Waals surface area contributed by atoms with Crippen molar-refractivity contribution < 1.29 is 35.5 Å². The molecule has 1 rings (SSSR count). The molecular weight excluding hydrogens is 333 g/mol. The lowest BCUT2D eigenvalue weighted by molar-refractivity contribution is -0.454. The van der Waals surface area contributed by atoms with Crippen LogP contribution in [0.3, 0.4) is 0 Å². The second kappa shape index (κ2) is 6.03. The van der Waals surface area contributed by atoms with Gasteiger partial charge >= 0.3 is 18.0 Å². The highest BCUT2D eigenvalue weighted by atomic mass is 28.3. The van der Waals surface area contributed by atoms with Crippen molar-refractivity contribution in [3.8, 4) is 0 Å². The summed E-state index contributed by atoms with van der Waals surface area (Å²) in [5.74, 6) is 0. The molecule has 1 aromatic rings. The average Bonchev–Trinajstić information content (AvgIpc) is 2.34. The highest BCUT2D eigenvalue weighted by molar-refractivity contribution is 6.85. The molecular formula is C13H13F7OSi. The van der Waals surface area contributed by atoms with Crippen LogP contribution in [-0.2, 0) is 4.74 Å². The number of hydrogen-bond acceptors (Lipinski definition) is 1. The molecule has 0 saturated carbocycles. The van der Waals surface area contributed by atoms with Gasteiger partial charge in [0.25, 0.3) is 0 Å². The molecule has 0 unspecified atom stereocenters. The summed E-state index contributed by atoms with van der Waals surface area (Å²) < 4.78 is 92.1. The molecule has 1 nitrogen and oxygen atoms in total. The van der Waals surface area contributed by atoms with Crippen molar-refractivity contribution in [1.82, 2.24) is 0 Å². The standard InChI is InChI=1S/C13H13F7OSi/c1-22(2,9-8-10-6-4-3-5-7-10)12(16,17)11(14,15)21-13(18,19)20/h3-9H,1-2H3. The molecule has 0 fully saturated rings. The lowest BCUT2D eigenvalue weighted by Gasteiger charge is -2.35. The minimum absolute atomic E-state index is 0.471. The Kier molecular flexibility index (Phi) is 5.13. The van der Waals surface area contributed by atoms with Crippen LogP contribution in [0.2, 0.25) is 13.1 Å². The van der Waals surface area contributed by atoms with E-state index in [4.69, 9.17) is 0 Å². The zero-order valence-electron chi connectivity index (χ0n) is 11.6. The smallest absolute Gasteiger partial charge is 0.221 e. The maximum absolute atomic E-state index is 13.8. The minimum Gasteiger partial charge on any atom is -0.221 e. The predicted molar refractivity (Wildman–Crippen MR) is 70.0 cm³/mol. The molecule has 0 aliphatic rings. The minimum atomic E-state index is -5.86. The van der Waals surface area contributed by atoms with Gasteiger partial charge in [-0.3, -0.25) is 0 Å². The van der Waals surface area contributed by atoms with E-state index in [0.717, 1.165) is 18.8 Å². The van der Waals surface area contributed by atoms with Crippen LogP contribution in [0.15, 0.2) is 36.0 Å². The second-order valence-corrected chi connectivity index (χ2v) is 9.51. The maximum atomic E-state index is 13.8. The van der Waals surface area contributed by atoms with Crippen LogP contribution in [0.1, 0.15) is 5.56 Å². The third kappa shape index (κ3) is 4.32. The summed E-state index contributed by atoms with van der Waals surface area (Å²) in [4.78, 5) is 0. The summed E-state index contributed by atoms with van der Waals surface area (Å²) in [6.07, 6.45) is -10.3. The SMILES string of the molecule is C[Si](C)(C=Cc1ccccc1)C(F)(F)C(F)(F)OC(F)(F)F. The summed E-state index contributed by atoms with van der Waals surface area (Å²) >= 11 is 0. The molecule has 0 radical (unpaired) electrons. The number of halogens is 7. The fourth-order valence-corrected chi connectivity index (χ4v) is 3.18. The molecule has 0 aliphatic heterocycles. The van der Waals surface area contributed by atoms with Crippen LogP contribution >= 0.6 is 0 Å². The van der Waals surface area contributed by atoms with Crippen molar-refractivity contribution in [2.75, 3.05) is 0 Å². The Morgan fingerprint density at radius 3 is 1.86 bits per heavy atom. The van der Waals surface area contributed by atoms with Crippen LogP contribution in [0.25, 0.3) is 6.08 Å². The van der Waals surface area contributed by atoms with E-state index in [1.807, 2.05) is 0 Å². The van der Waals surface area contributed by atoms with Gasteiger partial charge in [0.2, 0.25) is 0 Å².